The van der Waals surface area contributed by atoms with Crippen LogP contribution in [0.1, 0.15) is 58.3 Å². The van der Waals surface area contributed by atoms with E-state index >= 15 is 0 Å². The predicted octanol–water partition coefficient (Wildman–Crippen LogP) is 3.66. The minimum absolute atomic E-state index is 0.400. The fourth-order valence-corrected chi connectivity index (χ4v) is 1.36. The maximum atomic E-state index is 12.4. The zero-order valence-electron chi connectivity index (χ0n) is 8.60. The fraction of sp³-hybridized carbons (Fsp3) is 0.909. The van der Waals surface area contributed by atoms with Crippen LogP contribution in [0.3, 0.4) is 0 Å². The summed E-state index contributed by atoms with van der Waals surface area (Å²) in [5.41, 5.74) is 0. The van der Waals surface area contributed by atoms with Crippen LogP contribution in [0.2, 0.25) is 0 Å². The van der Waals surface area contributed by atoms with Crippen molar-refractivity contribution < 1.29 is 9.18 Å². The first-order valence-corrected chi connectivity index (χ1v) is 5.40. The quantitative estimate of drug-likeness (QED) is 0.398. The van der Waals surface area contributed by atoms with Crippen molar-refractivity contribution in [2.24, 2.45) is 0 Å². The number of carbonyl (C=O) groups is 1. The zero-order chi connectivity index (χ0) is 9.94. The Morgan fingerprint density at radius 2 is 1.62 bits per heavy atom. The molecule has 0 spiro atoms. The van der Waals surface area contributed by atoms with E-state index in [-0.39, 0.29) is 0 Å². The van der Waals surface area contributed by atoms with E-state index in [1.807, 2.05) is 0 Å². The van der Waals surface area contributed by atoms with Crippen LogP contribution in [0.25, 0.3) is 0 Å². The standard InChI is InChI=1S/C11H21FO/c1-2-3-4-5-6-7-8-9-11(12)10-13/h10-11H,2-9H2,1H3. The molecule has 0 rings (SSSR count). The van der Waals surface area contributed by atoms with Gasteiger partial charge in [-0.2, -0.15) is 0 Å². The molecule has 78 valence electrons. The third-order valence-corrected chi connectivity index (χ3v) is 2.23. The van der Waals surface area contributed by atoms with Crippen LogP contribution in [0.15, 0.2) is 0 Å². The molecule has 0 amide bonds. The van der Waals surface area contributed by atoms with E-state index in [4.69, 9.17) is 0 Å². The van der Waals surface area contributed by atoms with Crippen LogP contribution in [0.4, 0.5) is 4.39 Å². The Hall–Kier alpha value is -0.400. The Morgan fingerprint density at radius 3 is 2.15 bits per heavy atom. The third-order valence-electron chi connectivity index (χ3n) is 2.23. The van der Waals surface area contributed by atoms with Gasteiger partial charge in [0.05, 0.1) is 0 Å². The zero-order valence-corrected chi connectivity index (χ0v) is 8.60. The van der Waals surface area contributed by atoms with Crippen LogP contribution in [-0.2, 0) is 4.79 Å². The van der Waals surface area contributed by atoms with Crippen molar-refractivity contribution in [3.63, 3.8) is 0 Å². The van der Waals surface area contributed by atoms with Crippen LogP contribution in [0.5, 0.6) is 0 Å². The second-order valence-electron chi connectivity index (χ2n) is 3.56. The Balaban J connectivity index is 2.95. The van der Waals surface area contributed by atoms with Gasteiger partial charge in [-0.3, -0.25) is 0 Å². The topological polar surface area (TPSA) is 17.1 Å². The van der Waals surface area contributed by atoms with Crippen LogP contribution >= 0.6 is 0 Å². The van der Waals surface area contributed by atoms with Crippen molar-refractivity contribution >= 4 is 6.29 Å². The molecule has 2 heteroatoms. The van der Waals surface area contributed by atoms with E-state index in [1.165, 1.54) is 32.1 Å². The largest absolute Gasteiger partial charge is 0.300 e. The molecule has 0 aromatic carbocycles. The molecule has 0 aromatic heterocycles. The molecule has 0 radical (unpaired) electrons. The first kappa shape index (κ1) is 12.6. The molecule has 0 saturated carbocycles. The number of rotatable bonds is 9. The van der Waals surface area contributed by atoms with Crippen LogP contribution < -0.4 is 0 Å². The van der Waals surface area contributed by atoms with E-state index in [9.17, 15) is 9.18 Å². The molecule has 1 nitrogen and oxygen atoms in total. The second-order valence-corrected chi connectivity index (χ2v) is 3.56. The predicted molar refractivity (Wildman–Crippen MR) is 53.6 cm³/mol. The summed E-state index contributed by atoms with van der Waals surface area (Å²) in [6, 6.07) is 0. The second kappa shape index (κ2) is 9.69. The summed E-state index contributed by atoms with van der Waals surface area (Å²) in [6.45, 7) is 2.19. The van der Waals surface area contributed by atoms with Crippen molar-refractivity contribution in [2.75, 3.05) is 0 Å². The number of halogens is 1. The summed E-state index contributed by atoms with van der Waals surface area (Å²) in [5.74, 6) is 0. The van der Waals surface area contributed by atoms with Crippen LogP contribution in [-0.4, -0.2) is 12.5 Å². The number of aldehydes is 1. The highest BCUT2D eigenvalue weighted by atomic mass is 19.1. The maximum absolute atomic E-state index is 12.4. The Bertz CT molecular complexity index is 115. The lowest BCUT2D eigenvalue weighted by Gasteiger charge is -2.01. The van der Waals surface area contributed by atoms with Crippen molar-refractivity contribution in [1.82, 2.24) is 0 Å². The van der Waals surface area contributed by atoms with Crippen molar-refractivity contribution in [3.8, 4) is 0 Å². The lowest BCUT2D eigenvalue weighted by atomic mass is 10.1. The third kappa shape index (κ3) is 9.51. The normalized spacial score (nSPS) is 12.8. The average Bonchev–Trinajstić information content (AvgIpc) is 2.16. The van der Waals surface area contributed by atoms with Crippen LogP contribution in [0, 0.1) is 0 Å². The molecule has 0 fully saturated rings. The number of alkyl halides is 1. The Morgan fingerprint density at radius 1 is 1.08 bits per heavy atom. The lowest BCUT2D eigenvalue weighted by molar-refractivity contribution is -0.112. The molecule has 1 atom stereocenters. The molecule has 0 aromatic rings. The Kier molecular flexibility index (Phi) is 9.39. The molecule has 0 saturated heterocycles. The molecule has 13 heavy (non-hydrogen) atoms. The van der Waals surface area contributed by atoms with E-state index in [2.05, 4.69) is 6.92 Å². The van der Waals surface area contributed by atoms with Gasteiger partial charge in [0.2, 0.25) is 0 Å². The highest BCUT2D eigenvalue weighted by molar-refractivity contribution is 5.55. The van der Waals surface area contributed by atoms with Gasteiger partial charge in [-0.05, 0) is 6.42 Å². The van der Waals surface area contributed by atoms with Gasteiger partial charge in [0.1, 0.15) is 0 Å². The minimum atomic E-state index is -1.23. The summed E-state index contributed by atoms with van der Waals surface area (Å²) in [5, 5.41) is 0. The van der Waals surface area contributed by atoms with E-state index < -0.39 is 6.17 Å². The van der Waals surface area contributed by atoms with Gasteiger partial charge < -0.3 is 4.79 Å². The van der Waals surface area contributed by atoms with Gasteiger partial charge in [0.25, 0.3) is 0 Å². The van der Waals surface area contributed by atoms with Gasteiger partial charge in [0.15, 0.2) is 12.5 Å². The van der Waals surface area contributed by atoms with E-state index in [1.54, 1.807) is 0 Å². The minimum Gasteiger partial charge on any atom is -0.300 e. The highest BCUT2D eigenvalue weighted by Crippen LogP contribution is 2.09. The molecule has 0 heterocycles. The lowest BCUT2D eigenvalue weighted by Crippen LogP contribution is -2.00. The molecule has 1 unspecified atom stereocenters. The van der Waals surface area contributed by atoms with Gasteiger partial charge in [-0.25, -0.2) is 4.39 Å². The van der Waals surface area contributed by atoms with Crippen molar-refractivity contribution in [2.45, 2.75) is 64.5 Å². The molecular formula is C11H21FO. The molecule has 0 aliphatic heterocycles. The van der Waals surface area contributed by atoms with Crippen molar-refractivity contribution in [3.05, 3.63) is 0 Å². The first-order valence-electron chi connectivity index (χ1n) is 5.40. The molecule has 0 N–H and O–H groups in total. The fourth-order valence-electron chi connectivity index (χ4n) is 1.36. The van der Waals surface area contributed by atoms with Gasteiger partial charge in [0, 0.05) is 0 Å². The van der Waals surface area contributed by atoms with Gasteiger partial charge in [-0.15, -0.1) is 0 Å². The molecule has 0 bridgehead atoms. The number of unbranched alkanes of at least 4 members (excludes halogenated alkanes) is 6. The maximum Gasteiger partial charge on any atom is 0.155 e. The smallest absolute Gasteiger partial charge is 0.155 e. The molecule has 0 aliphatic rings. The monoisotopic (exact) mass is 188 g/mol. The number of carbonyl (C=O) groups excluding carboxylic acids is 1. The van der Waals surface area contributed by atoms with Crippen molar-refractivity contribution in [1.29, 1.82) is 0 Å². The molecular weight excluding hydrogens is 167 g/mol. The Labute approximate surface area is 80.7 Å². The SMILES string of the molecule is CCCCCCCCCC(F)C=O. The van der Waals surface area contributed by atoms with E-state index in [0.29, 0.717) is 12.7 Å². The van der Waals surface area contributed by atoms with Gasteiger partial charge in [-0.1, -0.05) is 51.9 Å². The number of hydrogen-bond donors (Lipinski definition) is 0. The first-order chi connectivity index (χ1) is 6.31. The summed E-state index contributed by atoms with van der Waals surface area (Å²) in [7, 11) is 0. The summed E-state index contributed by atoms with van der Waals surface area (Å²) >= 11 is 0. The highest BCUT2D eigenvalue weighted by Gasteiger charge is 2.02. The number of hydrogen-bond acceptors (Lipinski definition) is 1. The summed E-state index contributed by atoms with van der Waals surface area (Å²) < 4.78 is 12.4. The van der Waals surface area contributed by atoms with E-state index in [0.717, 1.165) is 12.8 Å². The summed E-state index contributed by atoms with van der Waals surface area (Å²) in [4.78, 5) is 9.93. The average molecular weight is 188 g/mol. The van der Waals surface area contributed by atoms with Gasteiger partial charge >= 0.3 is 0 Å². The summed E-state index contributed by atoms with van der Waals surface area (Å²) in [6.07, 6.45) is 7.81. The molecule has 0 aliphatic carbocycles.